The number of nitrogens with zero attached hydrogens (tertiary/aromatic N) is 5. The van der Waals surface area contributed by atoms with Gasteiger partial charge in [-0.3, -0.25) is 9.79 Å². The predicted octanol–water partition coefficient (Wildman–Crippen LogP) is 1.15. The molecule has 30 heavy (non-hydrogen) atoms. The van der Waals surface area contributed by atoms with Crippen LogP contribution in [0.2, 0.25) is 0 Å². The van der Waals surface area contributed by atoms with Crippen LogP contribution < -0.4 is 16.0 Å². The largest absolute Gasteiger partial charge is 0.369 e. The van der Waals surface area contributed by atoms with Gasteiger partial charge in [-0.25, -0.2) is 4.98 Å². The molecule has 8 heteroatoms. The summed E-state index contributed by atoms with van der Waals surface area (Å²) in [7, 11) is 0. The van der Waals surface area contributed by atoms with Gasteiger partial charge in [-0.15, -0.1) is 0 Å². The Morgan fingerprint density at radius 2 is 1.93 bits per heavy atom. The number of piperazine rings is 1. The van der Waals surface area contributed by atoms with Crippen LogP contribution in [0.1, 0.15) is 32.6 Å². The second-order valence-electron chi connectivity index (χ2n) is 8.12. The van der Waals surface area contributed by atoms with Crippen LogP contribution >= 0.6 is 0 Å². The van der Waals surface area contributed by atoms with Crippen molar-refractivity contribution in [2.75, 3.05) is 63.8 Å². The maximum atomic E-state index is 11.3. The van der Waals surface area contributed by atoms with Gasteiger partial charge in [0.05, 0.1) is 0 Å². The smallest absolute Gasteiger partial charge is 0.220 e. The standard InChI is InChI=1S/C22H37N7O/c1-2-24-22(29-17-15-28(16-18-29)20-7-3-4-10-25-20)26-11-5-6-12-27-13-8-19(9-14-27)21(23)30/h3-4,7,10,19H,2,5-6,8-9,11-18H2,1H3,(H2,23,30)(H,24,26). The number of anilines is 1. The average Bonchev–Trinajstić information content (AvgIpc) is 2.79. The van der Waals surface area contributed by atoms with Crippen LogP contribution in [-0.2, 0) is 4.79 Å². The lowest BCUT2D eigenvalue weighted by molar-refractivity contribution is -0.123. The first-order valence-electron chi connectivity index (χ1n) is 11.4. The molecule has 0 aliphatic carbocycles. The summed E-state index contributed by atoms with van der Waals surface area (Å²) in [5.41, 5.74) is 5.42. The van der Waals surface area contributed by atoms with E-state index in [0.717, 1.165) is 96.4 Å². The third kappa shape index (κ3) is 6.58. The van der Waals surface area contributed by atoms with Crippen molar-refractivity contribution in [1.82, 2.24) is 20.1 Å². The quantitative estimate of drug-likeness (QED) is 0.376. The van der Waals surface area contributed by atoms with Gasteiger partial charge < -0.3 is 25.8 Å². The number of unbranched alkanes of at least 4 members (excludes halogenated alkanes) is 1. The van der Waals surface area contributed by atoms with Crippen LogP contribution in [0.25, 0.3) is 0 Å². The van der Waals surface area contributed by atoms with Crippen LogP contribution in [-0.4, -0.2) is 85.6 Å². The number of aliphatic imine (C=N–C) groups is 1. The molecule has 2 aliphatic heterocycles. The third-order valence-electron chi connectivity index (χ3n) is 6.02. The van der Waals surface area contributed by atoms with E-state index in [2.05, 4.69) is 38.0 Å². The first-order valence-corrected chi connectivity index (χ1v) is 11.4. The summed E-state index contributed by atoms with van der Waals surface area (Å²) in [5.74, 6) is 2.02. The van der Waals surface area contributed by atoms with Crippen LogP contribution in [0.3, 0.4) is 0 Å². The molecule has 0 aromatic carbocycles. The molecule has 0 spiro atoms. The Morgan fingerprint density at radius 1 is 1.17 bits per heavy atom. The maximum absolute atomic E-state index is 11.3. The van der Waals surface area contributed by atoms with Crippen molar-refractivity contribution in [3.05, 3.63) is 24.4 Å². The normalized spacial score (nSPS) is 19.2. The number of piperidine rings is 1. The molecule has 0 radical (unpaired) electrons. The Morgan fingerprint density at radius 3 is 2.57 bits per heavy atom. The summed E-state index contributed by atoms with van der Waals surface area (Å²) < 4.78 is 0. The molecule has 0 bridgehead atoms. The van der Waals surface area contributed by atoms with Gasteiger partial charge in [0.25, 0.3) is 0 Å². The predicted molar refractivity (Wildman–Crippen MR) is 122 cm³/mol. The van der Waals surface area contributed by atoms with Gasteiger partial charge >= 0.3 is 0 Å². The number of likely N-dealkylation sites (tertiary alicyclic amines) is 1. The Bertz CT molecular complexity index is 665. The van der Waals surface area contributed by atoms with E-state index >= 15 is 0 Å². The summed E-state index contributed by atoms with van der Waals surface area (Å²) in [6.07, 6.45) is 5.88. The highest BCUT2D eigenvalue weighted by molar-refractivity contribution is 5.80. The van der Waals surface area contributed by atoms with Crippen molar-refractivity contribution >= 4 is 17.7 Å². The topological polar surface area (TPSA) is 90.1 Å². The molecule has 8 nitrogen and oxygen atoms in total. The molecule has 3 heterocycles. The number of aromatic nitrogens is 1. The number of guanidine groups is 1. The van der Waals surface area contributed by atoms with Crippen LogP contribution in [0.4, 0.5) is 5.82 Å². The lowest BCUT2D eigenvalue weighted by atomic mass is 9.96. The molecule has 3 rings (SSSR count). The Labute approximate surface area is 180 Å². The van der Waals surface area contributed by atoms with E-state index in [1.807, 2.05) is 18.3 Å². The summed E-state index contributed by atoms with van der Waals surface area (Å²) in [5, 5.41) is 3.45. The average molecular weight is 416 g/mol. The number of amides is 1. The lowest BCUT2D eigenvalue weighted by Crippen LogP contribution is -2.52. The van der Waals surface area contributed by atoms with Crippen molar-refractivity contribution in [2.24, 2.45) is 16.6 Å². The fourth-order valence-electron chi connectivity index (χ4n) is 4.19. The van der Waals surface area contributed by atoms with Gasteiger partial charge in [-0.2, -0.15) is 0 Å². The molecule has 0 atom stereocenters. The molecule has 2 fully saturated rings. The van der Waals surface area contributed by atoms with Gasteiger partial charge in [0.15, 0.2) is 5.96 Å². The first-order chi connectivity index (χ1) is 14.7. The Hall–Kier alpha value is -2.35. The summed E-state index contributed by atoms with van der Waals surface area (Å²) >= 11 is 0. The lowest BCUT2D eigenvalue weighted by Gasteiger charge is -2.37. The van der Waals surface area contributed by atoms with Gasteiger partial charge in [0, 0.05) is 51.4 Å². The van der Waals surface area contributed by atoms with Crippen LogP contribution in [0.15, 0.2) is 29.4 Å². The summed E-state index contributed by atoms with van der Waals surface area (Å²) in [6.45, 7) is 10.7. The second kappa shape index (κ2) is 11.7. The first kappa shape index (κ1) is 22.3. The molecular formula is C22H37N7O. The Kier molecular flexibility index (Phi) is 8.74. The summed E-state index contributed by atoms with van der Waals surface area (Å²) in [4.78, 5) is 27.7. The van der Waals surface area contributed by atoms with Crippen molar-refractivity contribution < 1.29 is 4.79 Å². The monoisotopic (exact) mass is 415 g/mol. The highest BCUT2D eigenvalue weighted by Crippen LogP contribution is 2.17. The molecule has 2 aliphatic rings. The number of primary amides is 1. The third-order valence-corrected chi connectivity index (χ3v) is 6.02. The number of rotatable bonds is 8. The van der Waals surface area contributed by atoms with Crippen molar-refractivity contribution in [2.45, 2.75) is 32.6 Å². The van der Waals surface area contributed by atoms with Crippen molar-refractivity contribution in [1.29, 1.82) is 0 Å². The zero-order chi connectivity index (χ0) is 21.2. The number of hydrogen-bond donors (Lipinski definition) is 2. The molecule has 1 amide bonds. The molecule has 1 aromatic heterocycles. The van der Waals surface area contributed by atoms with E-state index in [0.29, 0.717) is 0 Å². The zero-order valence-corrected chi connectivity index (χ0v) is 18.3. The number of nitrogens with two attached hydrogens (primary N) is 1. The minimum Gasteiger partial charge on any atom is -0.369 e. The number of nitrogens with one attached hydrogen (secondary N) is 1. The van der Waals surface area contributed by atoms with E-state index in [9.17, 15) is 4.79 Å². The molecule has 0 saturated carbocycles. The summed E-state index contributed by atoms with van der Waals surface area (Å²) in [6, 6.07) is 6.07. The van der Waals surface area contributed by atoms with Gasteiger partial charge in [0.2, 0.25) is 5.91 Å². The van der Waals surface area contributed by atoms with E-state index in [-0.39, 0.29) is 11.8 Å². The minimum atomic E-state index is -0.138. The van der Waals surface area contributed by atoms with E-state index in [4.69, 9.17) is 10.7 Å². The number of hydrogen-bond acceptors (Lipinski definition) is 5. The highest BCUT2D eigenvalue weighted by Gasteiger charge is 2.23. The fourth-order valence-corrected chi connectivity index (χ4v) is 4.19. The molecule has 2 saturated heterocycles. The molecule has 1 aromatic rings. The van der Waals surface area contributed by atoms with Crippen molar-refractivity contribution in [3.8, 4) is 0 Å². The molecule has 3 N–H and O–H groups in total. The molecule has 166 valence electrons. The minimum absolute atomic E-state index is 0.0756. The van der Waals surface area contributed by atoms with Gasteiger partial charge in [-0.1, -0.05) is 6.07 Å². The SMILES string of the molecule is CCNC(=NCCCCN1CCC(C(N)=O)CC1)N1CCN(c2ccccn2)CC1. The van der Waals surface area contributed by atoms with Crippen LogP contribution in [0, 0.1) is 5.92 Å². The second-order valence-corrected chi connectivity index (χ2v) is 8.12. The number of pyridine rings is 1. The van der Waals surface area contributed by atoms with E-state index < -0.39 is 0 Å². The van der Waals surface area contributed by atoms with Crippen molar-refractivity contribution in [3.63, 3.8) is 0 Å². The van der Waals surface area contributed by atoms with Gasteiger partial charge in [0.1, 0.15) is 5.82 Å². The van der Waals surface area contributed by atoms with Gasteiger partial charge in [-0.05, 0) is 64.4 Å². The maximum Gasteiger partial charge on any atom is 0.220 e. The fraction of sp³-hybridized carbons (Fsp3) is 0.682. The number of carbonyl (C=O) groups excluding carboxylic acids is 1. The highest BCUT2D eigenvalue weighted by atomic mass is 16.1. The Balaban J connectivity index is 1.37. The molecular weight excluding hydrogens is 378 g/mol. The van der Waals surface area contributed by atoms with E-state index in [1.165, 1.54) is 0 Å². The van der Waals surface area contributed by atoms with Crippen LogP contribution in [0.5, 0.6) is 0 Å². The number of carbonyl (C=O) groups is 1. The van der Waals surface area contributed by atoms with E-state index in [1.54, 1.807) is 0 Å². The molecule has 0 unspecified atom stereocenters. The zero-order valence-electron chi connectivity index (χ0n) is 18.3.